The Morgan fingerprint density at radius 1 is 0.667 bits per heavy atom. The van der Waals surface area contributed by atoms with Gasteiger partial charge in [-0.1, -0.05) is 117 Å². The number of hydrogen-bond donors (Lipinski definition) is 1. The molecule has 0 unspecified atom stereocenters. The zero-order valence-corrected chi connectivity index (χ0v) is 21.3. The molecular formula is C25H53ClN2O2. The van der Waals surface area contributed by atoms with E-state index in [1.165, 1.54) is 96.3 Å². The van der Waals surface area contributed by atoms with Crippen molar-refractivity contribution in [3.05, 3.63) is 0 Å². The lowest BCUT2D eigenvalue weighted by molar-refractivity contribution is 0.142. The first-order chi connectivity index (χ1) is 14.2. The summed E-state index contributed by atoms with van der Waals surface area (Å²) in [5, 5.41) is 2.83. The van der Waals surface area contributed by atoms with E-state index in [9.17, 15) is 4.79 Å². The second-order valence-electron chi connectivity index (χ2n) is 8.39. The molecular weight excluding hydrogens is 396 g/mol. The molecule has 0 aromatic rings. The van der Waals surface area contributed by atoms with Crippen LogP contribution in [0.2, 0.25) is 0 Å². The maximum absolute atomic E-state index is 11.6. The van der Waals surface area contributed by atoms with Gasteiger partial charge in [-0.05, 0) is 19.5 Å². The molecule has 0 atom stereocenters. The fourth-order valence-corrected chi connectivity index (χ4v) is 3.72. The highest BCUT2D eigenvalue weighted by molar-refractivity contribution is 5.85. The topological polar surface area (TPSA) is 41.6 Å². The number of ether oxygens (including phenoxy) is 1. The Morgan fingerprint density at radius 2 is 1.07 bits per heavy atom. The minimum atomic E-state index is -0.266. The molecule has 5 heteroatoms. The fourth-order valence-electron chi connectivity index (χ4n) is 3.72. The third-order valence-electron chi connectivity index (χ3n) is 5.82. The Labute approximate surface area is 194 Å². The largest absolute Gasteiger partial charge is 0.450 e. The zero-order chi connectivity index (χ0) is 21.4. The predicted molar refractivity (Wildman–Crippen MR) is 134 cm³/mol. The molecule has 0 radical (unpaired) electrons. The van der Waals surface area contributed by atoms with E-state index in [4.69, 9.17) is 4.74 Å². The van der Waals surface area contributed by atoms with Crippen molar-refractivity contribution in [2.24, 2.45) is 0 Å². The molecule has 1 N–H and O–H groups in total. The highest BCUT2D eigenvalue weighted by Gasteiger charge is 2.03. The fraction of sp³-hybridized carbons (Fsp3) is 0.960. The van der Waals surface area contributed by atoms with Crippen molar-refractivity contribution in [1.29, 1.82) is 0 Å². The second kappa shape index (κ2) is 26.6. The number of nitrogens with zero attached hydrogens (tertiary/aromatic N) is 1. The van der Waals surface area contributed by atoms with Crippen LogP contribution in [0.4, 0.5) is 4.79 Å². The van der Waals surface area contributed by atoms with Gasteiger partial charge in [-0.25, -0.2) is 4.79 Å². The maximum atomic E-state index is 11.6. The van der Waals surface area contributed by atoms with Crippen LogP contribution in [-0.4, -0.2) is 43.8 Å². The third-order valence-corrected chi connectivity index (χ3v) is 5.82. The van der Waals surface area contributed by atoms with Crippen molar-refractivity contribution < 1.29 is 9.53 Å². The lowest BCUT2D eigenvalue weighted by Crippen LogP contribution is -2.35. The molecule has 0 spiro atoms. The summed E-state index contributed by atoms with van der Waals surface area (Å²) in [7, 11) is 0. The van der Waals surface area contributed by atoms with Crippen LogP contribution in [0.5, 0.6) is 0 Å². The van der Waals surface area contributed by atoms with Crippen molar-refractivity contribution in [2.75, 3.05) is 32.8 Å². The van der Waals surface area contributed by atoms with Gasteiger partial charge in [0.1, 0.15) is 0 Å². The zero-order valence-electron chi connectivity index (χ0n) is 20.5. The van der Waals surface area contributed by atoms with E-state index < -0.39 is 0 Å². The summed E-state index contributed by atoms with van der Waals surface area (Å²) >= 11 is 0. The second-order valence-corrected chi connectivity index (χ2v) is 8.39. The van der Waals surface area contributed by atoms with Crippen molar-refractivity contribution in [2.45, 2.75) is 124 Å². The lowest BCUT2D eigenvalue weighted by Gasteiger charge is -2.17. The number of alkyl carbamates (subject to hydrolysis) is 1. The SMILES string of the molecule is CCCCCCCCCCCCCCCCCCOC(=O)NCCN(CC)CC.Cl. The minimum Gasteiger partial charge on any atom is -0.450 e. The first-order valence-corrected chi connectivity index (χ1v) is 12.9. The summed E-state index contributed by atoms with van der Waals surface area (Å²) in [5.74, 6) is 0. The Bertz CT molecular complexity index is 339. The number of carbonyl (C=O) groups is 1. The van der Waals surface area contributed by atoms with Crippen LogP contribution < -0.4 is 5.32 Å². The van der Waals surface area contributed by atoms with Gasteiger partial charge in [0.05, 0.1) is 6.61 Å². The minimum absolute atomic E-state index is 0. The average Bonchev–Trinajstić information content (AvgIpc) is 2.73. The molecule has 0 aromatic heterocycles. The van der Waals surface area contributed by atoms with Crippen LogP contribution in [0.15, 0.2) is 0 Å². The molecule has 4 nitrogen and oxygen atoms in total. The first kappa shape index (κ1) is 31.7. The molecule has 0 saturated carbocycles. The van der Waals surface area contributed by atoms with E-state index in [2.05, 4.69) is 31.0 Å². The van der Waals surface area contributed by atoms with Gasteiger partial charge in [0.25, 0.3) is 0 Å². The van der Waals surface area contributed by atoms with Gasteiger partial charge >= 0.3 is 6.09 Å². The Morgan fingerprint density at radius 3 is 1.47 bits per heavy atom. The molecule has 0 aromatic carbocycles. The van der Waals surface area contributed by atoms with Crippen LogP contribution >= 0.6 is 12.4 Å². The lowest BCUT2D eigenvalue weighted by atomic mass is 10.0. The number of likely N-dealkylation sites (N-methyl/N-ethyl adjacent to an activating group) is 1. The molecule has 30 heavy (non-hydrogen) atoms. The van der Waals surface area contributed by atoms with E-state index in [-0.39, 0.29) is 18.5 Å². The number of nitrogens with one attached hydrogen (secondary N) is 1. The molecule has 0 fully saturated rings. The van der Waals surface area contributed by atoms with E-state index in [0.29, 0.717) is 13.2 Å². The summed E-state index contributed by atoms with van der Waals surface area (Å²) in [6.45, 7) is 10.7. The molecule has 182 valence electrons. The number of halogens is 1. The molecule has 0 heterocycles. The van der Waals surface area contributed by atoms with Gasteiger partial charge in [0, 0.05) is 13.1 Å². The number of rotatable bonds is 22. The molecule has 0 aliphatic rings. The highest BCUT2D eigenvalue weighted by atomic mass is 35.5. The Balaban J connectivity index is 0. The number of amides is 1. The van der Waals surface area contributed by atoms with E-state index in [1.54, 1.807) is 0 Å². The molecule has 0 aliphatic heterocycles. The van der Waals surface area contributed by atoms with Crippen molar-refractivity contribution >= 4 is 18.5 Å². The molecule has 0 saturated heterocycles. The Hall–Kier alpha value is -0.480. The van der Waals surface area contributed by atoms with E-state index >= 15 is 0 Å². The molecule has 0 rings (SSSR count). The number of unbranched alkanes of at least 4 members (excludes halogenated alkanes) is 15. The number of carbonyl (C=O) groups excluding carboxylic acids is 1. The van der Waals surface area contributed by atoms with Gasteiger partial charge in [0.2, 0.25) is 0 Å². The summed E-state index contributed by atoms with van der Waals surface area (Å²) in [6, 6.07) is 0. The van der Waals surface area contributed by atoms with Crippen molar-refractivity contribution in [3.63, 3.8) is 0 Å². The van der Waals surface area contributed by atoms with Crippen molar-refractivity contribution in [1.82, 2.24) is 10.2 Å². The van der Waals surface area contributed by atoms with Crippen LogP contribution in [-0.2, 0) is 4.74 Å². The Kier molecular flexibility index (Phi) is 28.1. The monoisotopic (exact) mass is 448 g/mol. The van der Waals surface area contributed by atoms with Crippen LogP contribution in [0.1, 0.15) is 124 Å². The van der Waals surface area contributed by atoms with Crippen molar-refractivity contribution in [3.8, 4) is 0 Å². The highest BCUT2D eigenvalue weighted by Crippen LogP contribution is 2.13. The van der Waals surface area contributed by atoms with Gasteiger partial charge in [-0.15, -0.1) is 12.4 Å². The van der Waals surface area contributed by atoms with Crippen LogP contribution in [0, 0.1) is 0 Å². The maximum Gasteiger partial charge on any atom is 0.407 e. The van der Waals surface area contributed by atoms with Gasteiger partial charge in [0.15, 0.2) is 0 Å². The summed E-state index contributed by atoms with van der Waals surface area (Å²) in [5.41, 5.74) is 0. The van der Waals surface area contributed by atoms with Crippen LogP contribution in [0.3, 0.4) is 0 Å². The molecule has 1 amide bonds. The molecule has 0 aliphatic carbocycles. The number of hydrogen-bond acceptors (Lipinski definition) is 3. The summed E-state index contributed by atoms with van der Waals surface area (Å²) in [4.78, 5) is 13.9. The smallest absolute Gasteiger partial charge is 0.407 e. The molecule has 0 bridgehead atoms. The average molecular weight is 449 g/mol. The third kappa shape index (κ3) is 23.8. The van der Waals surface area contributed by atoms with Gasteiger partial charge < -0.3 is 15.0 Å². The van der Waals surface area contributed by atoms with Gasteiger partial charge in [-0.3, -0.25) is 0 Å². The van der Waals surface area contributed by atoms with Crippen LogP contribution in [0.25, 0.3) is 0 Å². The summed E-state index contributed by atoms with van der Waals surface area (Å²) in [6.07, 6.45) is 21.5. The standard InChI is InChI=1S/C25H52N2O2.ClH/c1-4-7-8-9-10-11-12-13-14-15-16-17-18-19-20-21-24-29-25(28)26-22-23-27(5-2)6-3;/h4-24H2,1-3H3,(H,26,28);1H. The predicted octanol–water partition coefficient (Wildman–Crippen LogP) is 7.74. The van der Waals surface area contributed by atoms with E-state index in [1.807, 2.05) is 0 Å². The van der Waals surface area contributed by atoms with E-state index in [0.717, 1.165) is 26.1 Å². The van der Waals surface area contributed by atoms with Gasteiger partial charge in [-0.2, -0.15) is 0 Å². The summed E-state index contributed by atoms with van der Waals surface area (Å²) < 4.78 is 5.24. The first-order valence-electron chi connectivity index (χ1n) is 12.9. The quantitative estimate of drug-likeness (QED) is 0.172. The normalized spacial score (nSPS) is 10.8.